The van der Waals surface area contributed by atoms with Crippen molar-refractivity contribution in [3.63, 3.8) is 0 Å². The molecule has 0 bridgehead atoms. The van der Waals surface area contributed by atoms with Crippen LogP contribution in [-0.4, -0.2) is 63.7 Å². The third-order valence-electron chi connectivity index (χ3n) is 5.58. The lowest BCUT2D eigenvalue weighted by molar-refractivity contribution is -0.0440. The van der Waals surface area contributed by atoms with Gasteiger partial charge in [0.15, 0.2) is 0 Å². The van der Waals surface area contributed by atoms with Crippen molar-refractivity contribution < 1.29 is 17.9 Å². The number of ether oxygens (including phenoxy) is 1. The van der Waals surface area contributed by atoms with Gasteiger partial charge in [0.1, 0.15) is 5.82 Å². The predicted octanol–water partition coefficient (Wildman–Crippen LogP) is 3.01. The Morgan fingerprint density at radius 1 is 1.06 bits per heavy atom. The number of carbonyl (C=O) groups excluding carboxylic acids is 1. The van der Waals surface area contributed by atoms with Crippen LogP contribution in [0.1, 0.15) is 50.7 Å². The molecule has 3 heterocycles. The second-order valence-corrected chi connectivity index (χ2v) is 11.6. The Labute approximate surface area is 205 Å². The zero-order valence-corrected chi connectivity index (χ0v) is 21.3. The first kappa shape index (κ1) is 25.0. The van der Waals surface area contributed by atoms with E-state index in [9.17, 15) is 13.2 Å². The standard InChI is InChI=1S/C24H30N6O4S/c1-16-14-29(15-17(2)34-16)35(32,33)19-9-6-8-18(12-19)22(31)27-21-13-20(24(3,4)5)28-30(21)23-25-10-7-11-26-23/h6-13,16-17H,14-15H2,1-5H3,(H,27,31). The quantitative estimate of drug-likeness (QED) is 0.574. The zero-order chi connectivity index (χ0) is 25.4. The maximum Gasteiger partial charge on any atom is 0.256 e. The number of morpholine rings is 1. The monoisotopic (exact) mass is 498 g/mol. The smallest absolute Gasteiger partial charge is 0.256 e. The van der Waals surface area contributed by atoms with E-state index in [0.717, 1.165) is 5.69 Å². The fraction of sp³-hybridized carbons (Fsp3) is 0.417. The summed E-state index contributed by atoms with van der Waals surface area (Å²) in [5.41, 5.74) is 0.673. The molecular formula is C24H30N6O4S. The molecule has 0 saturated carbocycles. The van der Waals surface area contributed by atoms with E-state index in [1.807, 2.05) is 34.6 Å². The summed E-state index contributed by atoms with van der Waals surface area (Å²) in [5, 5.41) is 7.44. The van der Waals surface area contributed by atoms with Crippen molar-refractivity contribution in [1.82, 2.24) is 24.1 Å². The van der Waals surface area contributed by atoms with Gasteiger partial charge in [-0.3, -0.25) is 4.79 Å². The van der Waals surface area contributed by atoms with E-state index in [1.165, 1.54) is 21.1 Å². The van der Waals surface area contributed by atoms with Crippen molar-refractivity contribution in [3.05, 3.63) is 60.0 Å². The number of amides is 1. The lowest BCUT2D eigenvalue weighted by atomic mass is 9.92. The predicted molar refractivity (Wildman–Crippen MR) is 131 cm³/mol. The summed E-state index contributed by atoms with van der Waals surface area (Å²) in [7, 11) is -3.79. The summed E-state index contributed by atoms with van der Waals surface area (Å²) in [6, 6.07) is 9.48. The van der Waals surface area contributed by atoms with Crippen LogP contribution in [0.5, 0.6) is 0 Å². The third-order valence-corrected chi connectivity index (χ3v) is 7.41. The minimum atomic E-state index is -3.79. The highest BCUT2D eigenvalue weighted by Gasteiger charge is 2.32. The van der Waals surface area contributed by atoms with E-state index in [0.29, 0.717) is 11.8 Å². The fourth-order valence-electron chi connectivity index (χ4n) is 3.85. The number of aromatic nitrogens is 4. The van der Waals surface area contributed by atoms with Gasteiger partial charge in [-0.2, -0.15) is 14.1 Å². The summed E-state index contributed by atoms with van der Waals surface area (Å²) >= 11 is 0. The van der Waals surface area contributed by atoms with Crippen LogP contribution in [-0.2, 0) is 20.2 Å². The molecular weight excluding hydrogens is 468 g/mol. The average molecular weight is 499 g/mol. The molecule has 1 aliphatic heterocycles. The van der Waals surface area contributed by atoms with E-state index in [2.05, 4.69) is 20.4 Å². The second-order valence-electron chi connectivity index (χ2n) is 9.69. The van der Waals surface area contributed by atoms with Crippen LogP contribution < -0.4 is 5.32 Å². The van der Waals surface area contributed by atoms with E-state index in [1.54, 1.807) is 36.7 Å². The molecule has 1 aromatic carbocycles. The minimum Gasteiger partial charge on any atom is -0.373 e. The first-order chi connectivity index (χ1) is 16.4. The highest BCUT2D eigenvalue weighted by molar-refractivity contribution is 7.89. The summed E-state index contributed by atoms with van der Waals surface area (Å²) in [6.07, 6.45) is 2.76. The Morgan fingerprint density at radius 2 is 1.71 bits per heavy atom. The van der Waals surface area contributed by atoms with Crippen molar-refractivity contribution in [1.29, 1.82) is 0 Å². The van der Waals surface area contributed by atoms with Crippen LogP contribution in [0.15, 0.2) is 53.7 Å². The van der Waals surface area contributed by atoms with Crippen molar-refractivity contribution >= 4 is 21.7 Å². The van der Waals surface area contributed by atoms with Gasteiger partial charge in [0.05, 0.1) is 22.8 Å². The van der Waals surface area contributed by atoms with Crippen molar-refractivity contribution in [2.24, 2.45) is 0 Å². The molecule has 1 fully saturated rings. The van der Waals surface area contributed by atoms with E-state index < -0.39 is 15.9 Å². The van der Waals surface area contributed by atoms with Crippen LogP contribution in [0.4, 0.5) is 5.82 Å². The van der Waals surface area contributed by atoms with Gasteiger partial charge in [0.2, 0.25) is 10.0 Å². The Kier molecular flexibility index (Phi) is 6.76. The molecule has 11 heteroatoms. The van der Waals surface area contributed by atoms with Crippen LogP contribution >= 0.6 is 0 Å². The summed E-state index contributed by atoms with van der Waals surface area (Å²) in [4.78, 5) is 21.7. The highest BCUT2D eigenvalue weighted by Crippen LogP contribution is 2.26. The van der Waals surface area contributed by atoms with Gasteiger partial charge in [-0.1, -0.05) is 26.8 Å². The topological polar surface area (TPSA) is 119 Å². The molecule has 35 heavy (non-hydrogen) atoms. The average Bonchev–Trinajstić information content (AvgIpc) is 3.23. The third kappa shape index (κ3) is 5.42. The highest BCUT2D eigenvalue weighted by atomic mass is 32.2. The van der Waals surface area contributed by atoms with E-state index in [-0.39, 0.29) is 41.2 Å². The number of benzene rings is 1. The van der Waals surface area contributed by atoms with E-state index >= 15 is 0 Å². The molecule has 1 amide bonds. The maximum atomic E-state index is 13.3. The Bertz CT molecular complexity index is 1310. The molecule has 1 aliphatic rings. The van der Waals surface area contributed by atoms with Crippen LogP contribution in [0.25, 0.3) is 5.95 Å². The van der Waals surface area contributed by atoms with Gasteiger partial charge in [-0.25, -0.2) is 18.4 Å². The Balaban J connectivity index is 1.63. The molecule has 186 valence electrons. The van der Waals surface area contributed by atoms with Gasteiger partial charge >= 0.3 is 0 Å². The second kappa shape index (κ2) is 9.48. The number of carbonyl (C=O) groups is 1. The van der Waals surface area contributed by atoms with Gasteiger partial charge in [-0.15, -0.1) is 0 Å². The largest absolute Gasteiger partial charge is 0.373 e. The van der Waals surface area contributed by atoms with E-state index in [4.69, 9.17) is 4.74 Å². The lowest BCUT2D eigenvalue weighted by Gasteiger charge is -2.34. The zero-order valence-electron chi connectivity index (χ0n) is 20.5. The van der Waals surface area contributed by atoms with Crippen molar-refractivity contribution in [3.8, 4) is 5.95 Å². The van der Waals surface area contributed by atoms with Crippen molar-refractivity contribution in [2.75, 3.05) is 18.4 Å². The molecule has 0 spiro atoms. The number of rotatable bonds is 5. The molecule has 0 aliphatic carbocycles. The first-order valence-electron chi connectivity index (χ1n) is 11.4. The maximum absolute atomic E-state index is 13.3. The van der Waals surface area contributed by atoms with Crippen LogP contribution in [0, 0.1) is 0 Å². The van der Waals surface area contributed by atoms with Crippen LogP contribution in [0.3, 0.4) is 0 Å². The summed E-state index contributed by atoms with van der Waals surface area (Å²) in [5.74, 6) is 0.226. The molecule has 3 aromatic rings. The van der Waals surface area contributed by atoms with Crippen LogP contribution in [0.2, 0.25) is 0 Å². The molecule has 2 atom stereocenters. The molecule has 2 aromatic heterocycles. The fourth-order valence-corrected chi connectivity index (χ4v) is 5.49. The molecule has 0 radical (unpaired) electrons. The number of hydrogen-bond acceptors (Lipinski definition) is 7. The normalized spacial score (nSPS) is 19.5. The number of anilines is 1. The number of nitrogens with one attached hydrogen (secondary N) is 1. The summed E-state index contributed by atoms with van der Waals surface area (Å²) < 4.78 is 35.1. The molecule has 4 rings (SSSR count). The lowest BCUT2D eigenvalue weighted by Crippen LogP contribution is -2.48. The molecule has 2 unspecified atom stereocenters. The SMILES string of the molecule is CC1CN(S(=O)(=O)c2cccc(C(=O)Nc3cc(C(C)(C)C)nn3-c3ncccn3)c2)CC(C)O1. The first-order valence-corrected chi connectivity index (χ1v) is 12.8. The number of sulfonamides is 1. The Morgan fingerprint density at radius 3 is 2.34 bits per heavy atom. The number of hydrogen-bond donors (Lipinski definition) is 1. The number of nitrogens with zero attached hydrogens (tertiary/aromatic N) is 5. The molecule has 10 nitrogen and oxygen atoms in total. The van der Waals surface area contributed by atoms with Gasteiger partial charge in [0.25, 0.3) is 11.9 Å². The molecule has 1 saturated heterocycles. The van der Waals surface area contributed by atoms with Gasteiger partial charge < -0.3 is 10.1 Å². The Hall–Kier alpha value is -3.15. The van der Waals surface area contributed by atoms with Gasteiger partial charge in [-0.05, 0) is 38.1 Å². The van der Waals surface area contributed by atoms with Crippen molar-refractivity contribution in [2.45, 2.75) is 57.1 Å². The summed E-state index contributed by atoms with van der Waals surface area (Å²) in [6.45, 7) is 10.2. The minimum absolute atomic E-state index is 0.0572. The molecule has 1 N–H and O–H groups in total. The van der Waals surface area contributed by atoms with Gasteiger partial charge in [0, 0.05) is 42.5 Å².